The van der Waals surface area contributed by atoms with Crippen molar-refractivity contribution in [2.45, 2.75) is 51.2 Å². The van der Waals surface area contributed by atoms with Gasteiger partial charge in [-0.3, -0.25) is 9.36 Å². The molecule has 1 amide bonds. The first-order valence-electron chi connectivity index (χ1n) is 10.9. The minimum Gasteiger partial charge on any atom is -0.462 e. The van der Waals surface area contributed by atoms with E-state index in [2.05, 4.69) is 15.5 Å². The summed E-state index contributed by atoms with van der Waals surface area (Å²) in [6.07, 6.45) is 2.61. The molecule has 33 heavy (non-hydrogen) atoms. The van der Waals surface area contributed by atoms with Crippen molar-refractivity contribution in [1.82, 2.24) is 14.8 Å². The van der Waals surface area contributed by atoms with Crippen molar-refractivity contribution < 1.29 is 18.7 Å². The summed E-state index contributed by atoms with van der Waals surface area (Å²) < 4.78 is 21.5. The molecule has 1 aromatic carbocycles. The van der Waals surface area contributed by atoms with Crippen LogP contribution in [0.3, 0.4) is 0 Å². The van der Waals surface area contributed by atoms with Crippen LogP contribution in [0.25, 0.3) is 11.4 Å². The van der Waals surface area contributed by atoms with Crippen LogP contribution >= 0.6 is 23.1 Å². The maximum absolute atomic E-state index is 14.3. The second-order valence-corrected chi connectivity index (χ2v) is 9.81. The predicted molar refractivity (Wildman–Crippen MR) is 127 cm³/mol. The van der Waals surface area contributed by atoms with E-state index in [-0.39, 0.29) is 30.1 Å². The van der Waals surface area contributed by atoms with Crippen molar-refractivity contribution >= 4 is 40.0 Å². The summed E-state index contributed by atoms with van der Waals surface area (Å²) in [5.74, 6) is -0.475. The van der Waals surface area contributed by atoms with E-state index in [4.69, 9.17) is 4.74 Å². The van der Waals surface area contributed by atoms with Gasteiger partial charge < -0.3 is 10.1 Å². The van der Waals surface area contributed by atoms with Crippen molar-refractivity contribution in [3.05, 3.63) is 46.1 Å². The number of benzene rings is 1. The van der Waals surface area contributed by atoms with Crippen LogP contribution in [0.5, 0.6) is 0 Å². The summed E-state index contributed by atoms with van der Waals surface area (Å²) in [6, 6.07) is 6.69. The fourth-order valence-corrected chi connectivity index (χ4v) is 5.62. The molecule has 7 nitrogen and oxygen atoms in total. The number of nitrogens with zero attached hydrogens (tertiary/aromatic N) is 3. The second kappa shape index (κ2) is 10.0. The van der Waals surface area contributed by atoms with E-state index in [1.807, 2.05) is 18.4 Å². The highest BCUT2D eigenvalue weighted by Crippen LogP contribution is 2.41. The number of thioether (sulfide) groups is 1. The van der Waals surface area contributed by atoms with Gasteiger partial charge >= 0.3 is 5.97 Å². The Labute approximate surface area is 199 Å². The second-order valence-electron chi connectivity index (χ2n) is 7.64. The zero-order valence-electron chi connectivity index (χ0n) is 18.7. The maximum atomic E-state index is 14.3. The Hall–Kier alpha value is -2.72. The topological polar surface area (TPSA) is 86.1 Å². The maximum Gasteiger partial charge on any atom is 0.341 e. The third kappa shape index (κ3) is 4.96. The molecule has 0 spiro atoms. The normalized spacial score (nSPS) is 13.2. The quantitative estimate of drug-likeness (QED) is 0.327. The predicted octanol–water partition coefficient (Wildman–Crippen LogP) is 5.26. The lowest BCUT2D eigenvalue weighted by Crippen LogP contribution is -2.17. The Morgan fingerprint density at radius 2 is 2.03 bits per heavy atom. The zero-order valence-corrected chi connectivity index (χ0v) is 20.3. The van der Waals surface area contributed by atoms with Gasteiger partial charge in [0.2, 0.25) is 5.91 Å². The number of aromatic nitrogens is 3. The summed E-state index contributed by atoms with van der Waals surface area (Å²) in [7, 11) is 0. The van der Waals surface area contributed by atoms with Crippen LogP contribution in [0.4, 0.5) is 9.39 Å². The number of nitrogens with one attached hydrogen (secondary N) is 1. The minimum atomic E-state index is -0.426. The first kappa shape index (κ1) is 23.4. The van der Waals surface area contributed by atoms with Gasteiger partial charge in [-0.15, -0.1) is 21.5 Å². The molecule has 1 fully saturated rings. The molecule has 10 heteroatoms. The van der Waals surface area contributed by atoms with E-state index in [1.54, 1.807) is 25.1 Å². The molecule has 3 aromatic rings. The molecule has 4 rings (SSSR count). The van der Waals surface area contributed by atoms with Gasteiger partial charge in [-0.05, 0) is 50.8 Å². The number of thiophene rings is 1. The van der Waals surface area contributed by atoms with Crippen LogP contribution in [0.1, 0.15) is 53.5 Å². The molecule has 1 N–H and O–H groups in total. The lowest BCUT2D eigenvalue weighted by atomic mass is 10.1. The molecule has 0 radical (unpaired) electrons. The van der Waals surface area contributed by atoms with Crippen molar-refractivity contribution in [3.8, 4) is 11.4 Å². The van der Waals surface area contributed by atoms with Gasteiger partial charge in [0.25, 0.3) is 0 Å². The molecular formula is C23H25FN4O3S2. The third-order valence-corrected chi connectivity index (χ3v) is 7.32. The molecule has 2 heterocycles. The first-order chi connectivity index (χ1) is 15.9. The monoisotopic (exact) mass is 488 g/mol. The highest BCUT2D eigenvalue weighted by atomic mass is 32.2. The minimum absolute atomic E-state index is 0.0861. The zero-order chi connectivity index (χ0) is 23.5. The number of carbonyl (C=O) groups is 2. The summed E-state index contributed by atoms with van der Waals surface area (Å²) in [6.45, 7) is 5.92. The molecule has 1 aliphatic rings. The summed E-state index contributed by atoms with van der Waals surface area (Å²) in [5, 5.41) is 12.4. The van der Waals surface area contributed by atoms with Gasteiger partial charge in [0.15, 0.2) is 11.0 Å². The molecule has 0 atom stereocenters. The number of amides is 1. The van der Waals surface area contributed by atoms with Crippen molar-refractivity contribution in [1.29, 1.82) is 0 Å². The highest BCUT2D eigenvalue weighted by Gasteiger charge is 2.31. The molecular weight excluding hydrogens is 463 g/mol. The summed E-state index contributed by atoms with van der Waals surface area (Å²) >= 11 is 2.62. The van der Waals surface area contributed by atoms with Crippen molar-refractivity contribution in [3.63, 3.8) is 0 Å². The molecule has 0 unspecified atom stereocenters. The third-order valence-electron chi connectivity index (χ3n) is 5.32. The van der Waals surface area contributed by atoms with Crippen LogP contribution in [-0.4, -0.2) is 39.0 Å². The molecule has 1 saturated carbocycles. The van der Waals surface area contributed by atoms with E-state index in [1.165, 1.54) is 29.2 Å². The Kier molecular flexibility index (Phi) is 7.14. The van der Waals surface area contributed by atoms with E-state index in [0.717, 1.165) is 23.3 Å². The van der Waals surface area contributed by atoms with Gasteiger partial charge in [0.1, 0.15) is 10.8 Å². The summed E-state index contributed by atoms with van der Waals surface area (Å²) in [4.78, 5) is 26.2. The number of hydrogen-bond donors (Lipinski definition) is 1. The number of carbonyl (C=O) groups excluding carboxylic acids is 2. The van der Waals surface area contributed by atoms with Crippen LogP contribution < -0.4 is 5.32 Å². The first-order valence-corrected chi connectivity index (χ1v) is 12.7. The molecule has 0 bridgehead atoms. The van der Waals surface area contributed by atoms with Crippen LogP contribution in [0.15, 0.2) is 29.4 Å². The number of halogens is 1. The van der Waals surface area contributed by atoms with Gasteiger partial charge in [0.05, 0.1) is 23.5 Å². The highest BCUT2D eigenvalue weighted by molar-refractivity contribution is 7.99. The van der Waals surface area contributed by atoms with E-state index in [9.17, 15) is 14.0 Å². The number of ether oxygens (including phenoxy) is 1. The number of anilines is 1. The smallest absolute Gasteiger partial charge is 0.341 e. The Morgan fingerprint density at radius 3 is 2.70 bits per heavy atom. The number of aryl methyl sites for hydroxylation is 1. The Morgan fingerprint density at radius 1 is 1.27 bits per heavy atom. The Bertz CT molecular complexity index is 1190. The number of esters is 1. The SMILES string of the molecule is CCOC(=O)c1c(NC(=O)CSc2nnc(-c3ccccc3F)n2C2CC2)sc(C)c1CC. The van der Waals surface area contributed by atoms with Crippen LogP contribution in [0, 0.1) is 12.7 Å². The standard InChI is InChI=1S/C23H25FN4O3S2/c1-4-15-13(3)33-21(19(15)22(30)31-5-2)25-18(29)12-32-23-27-26-20(28(23)14-10-11-14)16-8-6-7-9-17(16)24/h6-9,14H,4-5,10-12H2,1-3H3,(H,25,29). The molecule has 2 aromatic heterocycles. The molecule has 174 valence electrons. The lowest BCUT2D eigenvalue weighted by molar-refractivity contribution is -0.113. The average molecular weight is 489 g/mol. The van der Waals surface area contributed by atoms with E-state index < -0.39 is 5.97 Å². The molecule has 0 saturated heterocycles. The van der Waals surface area contributed by atoms with Gasteiger partial charge in [0, 0.05) is 10.9 Å². The number of hydrogen-bond acceptors (Lipinski definition) is 7. The Balaban J connectivity index is 1.51. The van der Waals surface area contributed by atoms with Gasteiger partial charge in [-0.1, -0.05) is 30.8 Å². The fourth-order valence-electron chi connectivity index (χ4n) is 3.67. The van der Waals surface area contributed by atoms with E-state index in [0.29, 0.717) is 33.5 Å². The van der Waals surface area contributed by atoms with E-state index >= 15 is 0 Å². The fraction of sp³-hybridized carbons (Fsp3) is 0.391. The van der Waals surface area contributed by atoms with Crippen LogP contribution in [-0.2, 0) is 16.0 Å². The van der Waals surface area contributed by atoms with Gasteiger partial charge in [-0.25, -0.2) is 9.18 Å². The number of rotatable bonds is 9. The van der Waals surface area contributed by atoms with Crippen molar-refractivity contribution in [2.24, 2.45) is 0 Å². The molecule has 1 aliphatic carbocycles. The van der Waals surface area contributed by atoms with Crippen molar-refractivity contribution in [2.75, 3.05) is 17.7 Å². The lowest BCUT2D eigenvalue weighted by Gasteiger charge is -2.10. The molecule has 0 aliphatic heterocycles. The van der Waals surface area contributed by atoms with Crippen LogP contribution in [0.2, 0.25) is 0 Å². The van der Waals surface area contributed by atoms with Gasteiger partial charge in [-0.2, -0.15) is 0 Å². The average Bonchev–Trinajstić information content (AvgIpc) is 3.46. The summed E-state index contributed by atoms with van der Waals surface area (Å²) in [5.41, 5.74) is 1.72. The largest absolute Gasteiger partial charge is 0.462 e.